The van der Waals surface area contributed by atoms with Gasteiger partial charge in [-0.2, -0.15) is 0 Å². The molecule has 0 atom stereocenters. The summed E-state index contributed by atoms with van der Waals surface area (Å²) in [7, 11) is 0. The lowest BCUT2D eigenvalue weighted by Crippen LogP contribution is -2.13. The summed E-state index contributed by atoms with van der Waals surface area (Å²) in [4.78, 5) is 15.2. The molecule has 0 aliphatic carbocycles. The van der Waals surface area contributed by atoms with Crippen molar-refractivity contribution >= 4 is 23.2 Å². The number of nitrogens with zero attached hydrogens (tertiary/aromatic N) is 1. The fourth-order valence-corrected chi connectivity index (χ4v) is 1.62. The molecular formula is C11H10N2O2S. The van der Waals surface area contributed by atoms with E-state index in [1.165, 1.54) is 11.3 Å². The number of thiazole rings is 1. The highest BCUT2D eigenvalue weighted by Crippen LogP contribution is 2.07. The van der Waals surface area contributed by atoms with E-state index < -0.39 is 6.09 Å². The first kappa shape index (κ1) is 10.6. The summed E-state index contributed by atoms with van der Waals surface area (Å²) >= 11 is 1.41. The zero-order valence-corrected chi connectivity index (χ0v) is 9.24. The van der Waals surface area contributed by atoms with E-state index in [1.807, 2.05) is 30.3 Å². The molecule has 0 aliphatic heterocycles. The Morgan fingerprint density at radius 1 is 1.38 bits per heavy atom. The van der Waals surface area contributed by atoms with E-state index in [0.717, 1.165) is 5.56 Å². The molecule has 5 heteroatoms. The van der Waals surface area contributed by atoms with Crippen LogP contribution >= 0.6 is 11.3 Å². The molecule has 1 heterocycles. The van der Waals surface area contributed by atoms with Gasteiger partial charge in [-0.05, 0) is 5.56 Å². The van der Waals surface area contributed by atoms with E-state index in [4.69, 9.17) is 4.74 Å². The fraction of sp³-hybridized carbons (Fsp3) is 0.0909. The summed E-state index contributed by atoms with van der Waals surface area (Å²) in [5.41, 5.74) is 2.60. The van der Waals surface area contributed by atoms with Crippen LogP contribution in [0.3, 0.4) is 0 Å². The second-order valence-electron chi connectivity index (χ2n) is 3.06. The summed E-state index contributed by atoms with van der Waals surface area (Å²) in [5, 5.41) is 4.27. The number of aromatic nitrogens is 1. The van der Waals surface area contributed by atoms with Crippen LogP contribution in [0.15, 0.2) is 41.2 Å². The standard InChI is InChI=1S/C11H10N2O2S/c14-11(13-10-7-16-8-12-10)15-6-9-4-2-1-3-5-9/h1-5,7-8H,6H2,(H,13,14). The van der Waals surface area contributed by atoms with Gasteiger partial charge < -0.3 is 4.74 Å². The third-order valence-electron chi connectivity index (χ3n) is 1.88. The minimum atomic E-state index is -0.491. The number of amides is 1. The number of hydrogen-bond donors (Lipinski definition) is 1. The van der Waals surface area contributed by atoms with Gasteiger partial charge in [0.05, 0.1) is 5.51 Å². The third-order valence-corrected chi connectivity index (χ3v) is 2.46. The normalized spacial score (nSPS) is 9.75. The molecular weight excluding hydrogens is 224 g/mol. The van der Waals surface area contributed by atoms with Crippen LogP contribution in [0.2, 0.25) is 0 Å². The number of benzene rings is 1. The summed E-state index contributed by atoms with van der Waals surface area (Å²) < 4.78 is 5.02. The first-order valence-electron chi connectivity index (χ1n) is 4.70. The zero-order valence-electron chi connectivity index (χ0n) is 8.42. The maximum absolute atomic E-state index is 11.3. The van der Waals surface area contributed by atoms with Crippen LogP contribution in [-0.2, 0) is 11.3 Å². The van der Waals surface area contributed by atoms with Crippen molar-refractivity contribution in [2.75, 3.05) is 5.32 Å². The Hall–Kier alpha value is -1.88. The van der Waals surface area contributed by atoms with Crippen LogP contribution in [0.25, 0.3) is 0 Å². The first-order valence-corrected chi connectivity index (χ1v) is 5.65. The van der Waals surface area contributed by atoms with Gasteiger partial charge in [0.25, 0.3) is 0 Å². The molecule has 0 unspecified atom stereocenters. The third kappa shape index (κ3) is 3.06. The smallest absolute Gasteiger partial charge is 0.413 e. The Morgan fingerprint density at radius 2 is 2.19 bits per heavy atom. The minimum absolute atomic E-state index is 0.261. The van der Waals surface area contributed by atoms with E-state index in [9.17, 15) is 4.79 Å². The van der Waals surface area contributed by atoms with Crippen molar-refractivity contribution in [1.29, 1.82) is 0 Å². The topological polar surface area (TPSA) is 51.2 Å². The van der Waals surface area contributed by atoms with Crippen molar-refractivity contribution in [2.24, 2.45) is 0 Å². The van der Waals surface area contributed by atoms with Crippen LogP contribution in [0, 0.1) is 0 Å². The molecule has 82 valence electrons. The summed E-state index contributed by atoms with van der Waals surface area (Å²) in [6, 6.07) is 9.51. The van der Waals surface area contributed by atoms with Crippen LogP contribution in [-0.4, -0.2) is 11.1 Å². The van der Waals surface area contributed by atoms with Crippen molar-refractivity contribution < 1.29 is 9.53 Å². The molecule has 16 heavy (non-hydrogen) atoms. The second kappa shape index (κ2) is 5.27. The molecule has 2 aromatic rings. The molecule has 0 saturated carbocycles. The Labute approximate surface area is 96.9 Å². The second-order valence-corrected chi connectivity index (χ2v) is 3.78. The molecule has 4 nitrogen and oxygen atoms in total. The molecule has 0 saturated heterocycles. The number of carbonyl (C=O) groups is 1. The minimum Gasteiger partial charge on any atom is -0.444 e. The largest absolute Gasteiger partial charge is 0.444 e. The van der Waals surface area contributed by atoms with Gasteiger partial charge in [-0.1, -0.05) is 30.3 Å². The van der Waals surface area contributed by atoms with E-state index in [-0.39, 0.29) is 6.61 Å². The van der Waals surface area contributed by atoms with Crippen molar-refractivity contribution in [3.8, 4) is 0 Å². The van der Waals surface area contributed by atoms with E-state index in [1.54, 1.807) is 10.9 Å². The highest BCUT2D eigenvalue weighted by atomic mass is 32.1. The predicted octanol–water partition coefficient (Wildman–Crippen LogP) is 2.89. The van der Waals surface area contributed by atoms with Gasteiger partial charge in [-0.3, -0.25) is 5.32 Å². The molecule has 1 aromatic heterocycles. The maximum atomic E-state index is 11.3. The Kier molecular flexibility index (Phi) is 3.50. The van der Waals surface area contributed by atoms with Gasteiger partial charge >= 0.3 is 6.09 Å². The van der Waals surface area contributed by atoms with Gasteiger partial charge in [0, 0.05) is 5.38 Å². The average Bonchev–Trinajstić information content (AvgIpc) is 2.81. The van der Waals surface area contributed by atoms with Crippen LogP contribution < -0.4 is 5.32 Å². The van der Waals surface area contributed by atoms with Gasteiger partial charge in [0.2, 0.25) is 0 Å². The number of carbonyl (C=O) groups excluding carboxylic acids is 1. The van der Waals surface area contributed by atoms with Gasteiger partial charge in [0.15, 0.2) is 0 Å². The average molecular weight is 234 g/mol. The number of nitrogens with one attached hydrogen (secondary N) is 1. The molecule has 0 aliphatic rings. The SMILES string of the molecule is O=C(Nc1cscn1)OCc1ccccc1. The van der Waals surface area contributed by atoms with Gasteiger partial charge in [-0.15, -0.1) is 11.3 Å². The Bertz CT molecular complexity index is 442. The number of hydrogen-bond acceptors (Lipinski definition) is 4. The predicted molar refractivity (Wildman–Crippen MR) is 62.4 cm³/mol. The van der Waals surface area contributed by atoms with E-state index in [2.05, 4.69) is 10.3 Å². The van der Waals surface area contributed by atoms with Crippen LogP contribution in [0.5, 0.6) is 0 Å². The molecule has 0 bridgehead atoms. The van der Waals surface area contributed by atoms with Crippen LogP contribution in [0.4, 0.5) is 10.6 Å². The monoisotopic (exact) mass is 234 g/mol. The van der Waals surface area contributed by atoms with Gasteiger partial charge in [0.1, 0.15) is 12.4 Å². The van der Waals surface area contributed by atoms with Crippen molar-refractivity contribution in [2.45, 2.75) is 6.61 Å². The molecule has 2 rings (SSSR count). The molecule has 0 spiro atoms. The first-order chi connectivity index (χ1) is 7.84. The molecule has 1 amide bonds. The van der Waals surface area contributed by atoms with Crippen molar-refractivity contribution in [3.63, 3.8) is 0 Å². The van der Waals surface area contributed by atoms with Crippen molar-refractivity contribution in [3.05, 3.63) is 46.8 Å². The van der Waals surface area contributed by atoms with E-state index >= 15 is 0 Å². The lowest BCUT2D eigenvalue weighted by Gasteiger charge is -2.04. The summed E-state index contributed by atoms with van der Waals surface area (Å²) in [5.74, 6) is 0.517. The lowest BCUT2D eigenvalue weighted by molar-refractivity contribution is 0.155. The quantitative estimate of drug-likeness (QED) is 0.888. The number of anilines is 1. The molecule has 0 fully saturated rings. The lowest BCUT2D eigenvalue weighted by atomic mass is 10.2. The summed E-state index contributed by atoms with van der Waals surface area (Å²) in [6.45, 7) is 0.261. The highest BCUT2D eigenvalue weighted by Gasteiger charge is 2.04. The summed E-state index contributed by atoms with van der Waals surface area (Å²) in [6.07, 6.45) is -0.491. The Morgan fingerprint density at radius 3 is 2.88 bits per heavy atom. The van der Waals surface area contributed by atoms with Crippen LogP contribution in [0.1, 0.15) is 5.56 Å². The van der Waals surface area contributed by atoms with Crippen molar-refractivity contribution in [1.82, 2.24) is 4.98 Å². The highest BCUT2D eigenvalue weighted by molar-refractivity contribution is 7.07. The molecule has 1 N–H and O–H groups in total. The van der Waals surface area contributed by atoms with Gasteiger partial charge in [-0.25, -0.2) is 9.78 Å². The molecule has 0 radical (unpaired) electrons. The Balaban J connectivity index is 1.80. The van der Waals surface area contributed by atoms with E-state index in [0.29, 0.717) is 5.82 Å². The number of rotatable bonds is 3. The zero-order chi connectivity index (χ0) is 11.2. The number of ether oxygens (including phenoxy) is 1. The maximum Gasteiger partial charge on any atom is 0.413 e. The fourth-order valence-electron chi connectivity index (χ4n) is 1.14. The molecule has 1 aromatic carbocycles.